The largest absolute Gasteiger partial charge is 0.480 e. The summed E-state index contributed by atoms with van der Waals surface area (Å²) in [6.07, 6.45) is 0. The molecular formula is C2H5AlMgNO3. The molecule has 0 unspecified atom stereocenters. The van der Waals surface area contributed by atoms with E-state index in [1.54, 1.807) is 0 Å². The molecule has 8 heavy (non-hydrogen) atoms. The highest BCUT2D eigenvalue weighted by atomic mass is 27.0. The van der Waals surface area contributed by atoms with E-state index in [4.69, 9.17) is 10.3 Å². The lowest BCUT2D eigenvalue weighted by Gasteiger charge is -1.83. The van der Waals surface area contributed by atoms with Gasteiger partial charge in [-0.25, -0.2) is 0 Å². The standard InChI is InChI=1S/C2H5NO3.Al.Mg/c4-2(5)1-3-6;;/h3,6H,1H2,(H,4,5);;. The van der Waals surface area contributed by atoms with Crippen LogP contribution in [0.15, 0.2) is 0 Å². The first-order valence-corrected chi connectivity index (χ1v) is 1.36. The van der Waals surface area contributed by atoms with Gasteiger partial charge in [0.25, 0.3) is 0 Å². The van der Waals surface area contributed by atoms with Crippen LogP contribution in [0.4, 0.5) is 0 Å². The summed E-state index contributed by atoms with van der Waals surface area (Å²) >= 11 is 0. The second-order valence-electron chi connectivity index (χ2n) is 0.729. The Labute approximate surface area is 73.5 Å². The first kappa shape index (κ1) is 15.9. The summed E-state index contributed by atoms with van der Waals surface area (Å²) in [5, 5.41) is 15.3. The molecule has 3 N–H and O–H groups in total. The Kier molecular flexibility index (Phi) is 21.1. The maximum Gasteiger partial charge on any atom is 0.319 e. The molecule has 0 rings (SSSR count). The number of hydrogen-bond donors (Lipinski definition) is 3. The molecule has 0 amide bonds. The minimum atomic E-state index is -1.07. The highest BCUT2D eigenvalue weighted by Gasteiger charge is 1.87. The maximum absolute atomic E-state index is 9.38. The quantitative estimate of drug-likeness (QED) is 0.317. The van der Waals surface area contributed by atoms with Gasteiger partial charge < -0.3 is 10.3 Å². The number of hydroxylamine groups is 1. The molecule has 0 fully saturated rings. The lowest BCUT2D eigenvalue weighted by Crippen LogP contribution is -2.17. The molecule has 0 aromatic carbocycles. The van der Waals surface area contributed by atoms with E-state index in [-0.39, 0.29) is 40.4 Å². The lowest BCUT2D eigenvalue weighted by molar-refractivity contribution is -0.137. The van der Waals surface area contributed by atoms with Crippen molar-refractivity contribution in [3.63, 3.8) is 0 Å². The Morgan fingerprint density at radius 2 is 2.00 bits per heavy atom. The normalized spacial score (nSPS) is 6.12. The van der Waals surface area contributed by atoms with Gasteiger partial charge in [0.15, 0.2) is 0 Å². The zero-order valence-electron chi connectivity index (χ0n) is 4.29. The van der Waals surface area contributed by atoms with Crippen LogP contribution in [-0.2, 0) is 4.79 Å². The molecule has 4 nitrogen and oxygen atoms in total. The van der Waals surface area contributed by atoms with E-state index >= 15 is 0 Å². The maximum atomic E-state index is 9.38. The predicted molar refractivity (Wildman–Crippen MR) is 28.9 cm³/mol. The van der Waals surface area contributed by atoms with E-state index in [1.807, 2.05) is 0 Å². The van der Waals surface area contributed by atoms with Crippen LogP contribution in [0.3, 0.4) is 0 Å². The Morgan fingerprint density at radius 3 is 2.00 bits per heavy atom. The Morgan fingerprint density at radius 1 is 1.62 bits per heavy atom. The van der Waals surface area contributed by atoms with Crippen molar-refractivity contribution in [3.05, 3.63) is 0 Å². The summed E-state index contributed by atoms with van der Waals surface area (Å²) in [7, 11) is 0. The molecule has 0 aromatic rings. The van der Waals surface area contributed by atoms with Crippen LogP contribution in [0.25, 0.3) is 0 Å². The monoisotopic (exact) mass is 142 g/mol. The third-order valence-corrected chi connectivity index (χ3v) is 0.230. The summed E-state index contributed by atoms with van der Waals surface area (Å²) in [6, 6.07) is 0. The van der Waals surface area contributed by atoms with Gasteiger partial charge in [-0.1, -0.05) is 0 Å². The van der Waals surface area contributed by atoms with Crippen molar-refractivity contribution < 1.29 is 15.1 Å². The average Bonchev–Trinajstić information content (AvgIpc) is 1.35. The molecule has 0 bridgehead atoms. The lowest BCUT2D eigenvalue weighted by atomic mass is 10.7. The minimum absolute atomic E-state index is 0. The molecule has 0 aromatic heterocycles. The zero-order chi connectivity index (χ0) is 4.99. The van der Waals surface area contributed by atoms with Crippen LogP contribution in [0.1, 0.15) is 0 Å². The van der Waals surface area contributed by atoms with Gasteiger partial charge in [0.2, 0.25) is 0 Å². The van der Waals surface area contributed by atoms with Gasteiger partial charge in [-0.3, -0.25) is 4.79 Å². The van der Waals surface area contributed by atoms with Gasteiger partial charge in [0.05, 0.1) is 0 Å². The van der Waals surface area contributed by atoms with Crippen LogP contribution in [-0.4, -0.2) is 63.2 Å². The van der Waals surface area contributed by atoms with Gasteiger partial charge in [0.1, 0.15) is 6.54 Å². The van der Waals surface area contributed by atoms with Gasteiger partial charge in [-0.2, -0.15) is 5.48 Å². The molecule has 5 radical (unpaired) electrons. The van der Waals surface area contributed by atoms with E-state index in [0.717, 1.165) is 0 Å². The van der Waals surface area contributed by atoms with E-state index in [2.05, 4.69) is 0 Å². The second-order valence-corrected chi connectivity index (χ2v) is 0.729. The second kappa shape index (κ2) is 10.6. The number of carboxylic acids is 1. The van der Waals surface area contributed by atoms with Crippen molar-refractivity contribution in [1.82, 2.24) is 5.48 Å². The molecule has 41 valence electrons. The van der Waals surface area contributed by atoms with E-state index in [1.165, 1.54) is 5.48 Å². The van der Waals surface area contributed by atoms with Crippen LogP contribution in [0.2, 0.25) is 0 Å². The molecular weight excluding hydrogens is 137 g/mol. The fourth-order valence-corrected chi connectivity index (χ4v) is 0.0676. The van der Waals surface area contributed by atoms with Crippen LogP contribution < -0.4 is 5.48 Å². The topological polar surface area (TPSA) is 69.6 Å². The molecule has 6 heteroatoms. The van der Waals surface area contributed by atoms with E-state index in [0.29, 0.717) is 0 Å². The highest BCUT2D eigenvalue weighted by Crippen LogP contribution is 1.50. The van der Waals surface area contributed by atoms with Gasteiger partial charge in [-0.15, -0.1) is 0 Å². The van der Waals surface area contributed by atoms with Crippen molar-refractivity contribution in [2.75, 3.05) is 6.54 Å². The number of carbonyl (C=O) groups is 1. The first-order chi connectivity index (χ1) is 2.77. The predicted octanol–water partition coefficient (Wildman–Crippen LogP) is -1.71. The summed E-state index contributed by atoms with van der Waals surface area (Å²) in [6.45, 7) is -0.403. The van der Waals surface area contributed by atoms with Crippen LogP contribution >= 0.6 is 0 Å². The molecule has 0 atom stereocenters. The van der Waals surface area contributed by atoms with E-state index < -0.39 is 12.5 Å². The van der Waals surface area contributed by atoms with Gasteiger partial charge in [0, 0.05) is 40.4 Å². The number of aliphatic carboxylic acids is 1. The highest BCUT2D eigenvalue weighted by molar-refractivity contribution is 5.76. The molecule has 0 aliphatic rings. The molecule has 0 saturated heterocycles. The molecule has 0 aliphatic carbocycles. The number of nitrogens with one attached hydrogen (secondary N) is 1. The summed E-state index contributed by atoms with van der Waals surface area (Å²) in [4.78, 5) is 9.38. The zero-order valence-corrected chi connectivity index (χ0v) is 6.86. The smallest absolute Gasteiger partial charge is 0.319 e. The number of carboxylic acid groups (broad SMARTS) is 1. The number of rotatable bonds is 2. The van der Waals surface area contributed by atoms with Crippen molar-refractivity contribution in [2.24, 2.45) is 0 Å². The van der Waals surface area contributed by atoms with Gasteiger partial charge in [-0.05, 0) is 0 Å². The SMILES string of the molecule is O=C(O)CNO.[Al].[Mg]. The third-order valence-electron chi connectivity index (χ3n) is 0.230. The summed E-state index contributed by atoms with van der Waals surface area (Å²) < 4.78 is 0. The summed E-state index contributed by atoms with van der Waals surface area (Å²) in [5.41, 5.74) is 1.47. The summed E-state index contributed by atoms with van der Waals surface area (Å²) in [5.74, 6) is -1.07. The Balaban J connectivity index is -0.000000125. The average molecular weight is 142 g/mol. The Bertz CT molecular complexity index is 61.2. The van der Waals surface area contributed by atoms with Crippen LogP contribution in [0, 0.1) is 0 Å². The van der Waals surface area contributed by atoms with Crippen LogP contribution in [0.5, 0.6) is 0 Å². The van der Waals surface area contributed by atoms with E-state index in [9.17, 15) is 4.79 Å². The van der Waals surface area contributed by atoms with Crippen molar-refractivity contribution >= 4 is 46.4 Å². The van der Waals surface area contributed by atoms with Gasteiger partial charge >= 0.3 is 5.97 Å². The molecule has 0 saturated carbocycles. The van der Waals surface area contributed by atoms with Crippen molar-refractivity contribution in [3.8, 4) is 0 Å². The fraction of sp³-hybridized carbons (Fsp3) is 0.500. The molecule has 0 spiro atoms. The third kappa shape index (κ3) is 15.9. The fourth-order valence-electron chi connectivity index (χ4n) is 0.0676. The molecule has 0 heterocycles. The van der Waals surface area contributed by atoms with Crippen molar-refractivity contribution in [1.29, 1.82) is 0 Å². The first-order valence-electron chi connectivity index (χ1n) is 1.36. The number of hydrogen-bond acceptors (Lipinski definition) is 3. The minimum Gasteiger partial charge on any atom is -0.480 e. The molecule has 0 aliphatic heterocycles. The Hall–Kier alpha value is 0.689. The van der Waals surface area contributed by atoms with Crippen molar-refractivity contribution in [2.45, 2.75) is 0 Å².